The minimum atomic E-state index is -1.82. The lowest BCUT2D eigenvalue weighted by atomic mass is 9.49. The van der Waals surface area contributed by atoms with Crippen molar-refractivity contribution in [3.63, 3.8) is 0 Å². The predicted molar refractivity (Wildman–Crippen MR) is 191 cm³/mol. The lowest BCUT2D eigenvalue weighted by molar-refractivity contribution is -0.138. The molecule has 6 unspecified atom stereocenters. The van der Waals surface area contributed by atoms with Gasteiger partial charge in [0.15, 0.2) is 0 Å². The fourth-order valence-electron chi connectivity index (χ4n) is 8.83. The molecule has 2 heterocycles. The number of carbonyl (C=O) groups is 4. The summed E-state index contributed by atoms with van der Waals surface area (Å²) in [5, 5.41) is 31.4. The number of nitrogens with zero attached hydrogens (tertiary/aromatic N) is 2. The fourth-order valence-corrected chi connectivity index (χ4v) is 9.24. The molecule has 10 nitrogen and oxygen atoms in total. The van der Waals surface area contributed by atoms with Gasteiger partial charge in [-0.05, 0) is 96.0 Å². The molecule has 0 bridgehead atoms. The molecule has 2 aliphatic heterocycles. The number of imide groups is 2. The number of hydrogen-bond donors (Lipinski definition) is 4. The van der Waals surface area contributed by atoms with Gasteiger partial charge in [-0.3, -0.25) is 29.5 Å². The standard InChI is InChI=1S/C38H29BCl2FN3O7/c40-21-6-4-19(5-7-21)38-30(35(48)45(37(38)50)43-23-10-8-22(42)9-11-23)18-29-26(33(38)27-13-12-25(46)17-31(27)41)14-15-28-32(29)36(49)44(34(28)47)24-3-1-2-20(16-24)39(51)52/h1-14,16-17,28-30,32-33,43,46,51-52H,15,18H2. The van der Waals surface area contributed by atoms with Crippen molar-refractivity contribution in [2.24, 2.45) is 23.7 Å². The minimum absolute atomic E-state index is 0.0102. The van der Waals surface area contributed by atoms with Gasteiger partial charge in [-0.15, -0.1) is 0 Å². The molecule has 14 heteroatoms. The highest BCUT2D eigenvalue weighted by Crippen LogP contribution is 2.65. The van der Waals surface area contributed by atoms with E-state index in [4.69, 9.17) is 23.2 Å². The highest BCUT2D eigenvalue weighted by Gasteiger charge is 2.70. The summed E-state index contributed by atoms with van der Waals surface area (Å²) in [4.78, 5) is 59.4. The van der Waals surface area contributed by atoms with Crippen LogP contribution in [0.15, 0.2) is 103 Å². The van der Waals surface area contributed by atoms with Gasteiger partial charge in [-0.2, -0.15) is 5.01 Å². The number of phenols is 1. The van der Waals surface area contributed by atoms with Crippen molar-refractivity contribution >= 4 is 70.8 Å². The lowest BCUT2D eigenvalue weighted by Crippen LogP contribution is -2.53. The van der Waals surface area contributed by atoms with Crippen LogP contribution < -0.4 is 15.8 Å². The van der Waals surface area contributed by atoms with E-state index in [0.29, 0.717) is 21.7 Å². The molecule has 2 saturated heterocycles. The zero-order valence-corrected chi connectivity index (χ0v) is 28.6. The molecule has 262 valence electrons. The van der Waals surface area contributed by atoms with Crippen LogP contribution in [0.1, 0.15) is 29.9 Å². The van der Waals surface area contributed by atoms with Gasteiger partial charge in [-0.1, -0.05) is 65.2 Å². The lowest BCUT2D eigenvalue weighted by Gasteiger charge is -2.50. The molecular formula is C38H29BCl2FN3O7. The van der Waals surface area contributed by atoms with Crippen LogP contribution in [0.5, 0.6) is 5.75 Å². The predicted octanol–water partition coefficient (Wildman–Crippen LogP) is 4.71. The van der Waals surface area contributed by atoms with Gasteiger partial charge < -0.3 is 15.2 Å². The number of carbonyl (C=O) groups excluding carboxylic acids is 4. The van der Waals surface area contributed by atoms with Gasteiger partial charge in [0.1, 0.15) is 11.6 Å². The fraction of sp³-hybridized carbons (Fsp3) is 0.211. The number of rotatable bonds is 6. The topological polar surface area (TPSA) is 147 Å². The van der Waals surface area contributed by atoms with Crippen molar-refractivity contribution in [1.82, 2.24) is 5.01 Å². The van der Waals surface area contributed by atoms with Crippen LogP contribution in [-0.4, -0.2) is 50.9 Å². The van der Waals surface area contributed by atoms with Gasteiger partial charge >= 0.3 is 7.12 Å². The van der Waals surface area contributed by atoms with Gasteiger partial charge in [-0.25, -0.2) is 4.39 Å². The molecule has 3 fully saturated rings. The normalized spacial score (nSPS) is 26.6. The van der Waals surface area contributed by atoms with E-state index in [9.17, 15) is 33.9 Å². The number of phenolic OH excluding ortho intramolecular Hbond substituents is 1. The van der Waals surface area contributed by atoms with E-state index < -0.39 is 71.6 Å². The van der Waals surface area contributed by atoms with E-state index in [0.717, 1.165) is 9.91 Å². The molecule has 4 aliphatic rings. The molecule has 52 heavy (non-hydrogen) atoms. The number of aromatic hydroxyl groups is 1. The number of nitrogens with one attached hydrogen (secondary N) is 1. The van der Waals surface area contributed by atoms with Crippen molar-refractivity contribution in [2.75, 3.05) is 10.3 Å². The smallest absolute Gasteiger partial charge is 0.488 e. The Labute approximate surface area is 307 Å². The Morgan fingerprint density at radius 1 is 0.846 bits per heavy atom. The Kier molecular flexibility index (Phi) is 8.26. The van der Waals surface area contributed by atoms with Crippen LogP contribution in [0.2, 0.25) is 10.0 Å². The van der Waals surface area contributed by atoms with Crippen LogP contribution in [0.25, 0.3) is 0 Å². The van der Waals surface area contributed by atoms with Gasteiger partial charge in [0.25, 0.3) is 11.8 Å². The second-order valence-corrected chi connectivity index (χ2v) is 14.4. The largest absolute Gasteiger partial charge is 0.508 e. The monoisotopic (exact) mass is 739 g/mol. The van der Waals surface area contributed by atoms with Crippen LogP contribution in [-0.2, 0) is 24.6 Å². The van der Waals surface area contributed by atoms with E-state index in [1.165, 1.54) is 60.7 Å². The maximum Gasteiger partial charge on any atom is 0.488 e. The second-order valence-electron chi connectivity index (χ2n) is 13.6. The first-order chi connectivity index (χ1) is 24.9. The molecule has 0 aromatic heterocycles. The van der Waals surface area contributed by atoms with Crippen LogP contribution in [0, 0.1) is 29.5 Å². The maximum absolute atomic E-state index is 15.2. The molecular weight excluding hydrogens is 711 g/mol. The number of allylic oxidation sites excluding steroid dienone is 2. The molecule has 0 spiro atoms. The average Bonchev–Trinajstić information content (AvgIpc) is 3.50. The first-order valence-electron chi connectivity index (χ1n) is 16.6. The molecule has 4 aromatic rings. The molecule has 8 rings (SSSR count). The summed E-state index contributed by atoms with van der Waals surface area (Å²) in [7, 11) is -1.82. The molecule has 4 aromatic carbocycles. The van der Waals surface area contributed by atoms with Gasteiger partial charge in [0.05, 0.1) is 34.5 Å². The number of hydrazine groups is 1. The summed E-state index contributed by atoms with van der Waals surface area (Å²) in [5.41, 5.74) is 3.36. The number of amides is 4. The summed E-state index contributed by atoms with van der Waals surface area (Å²) >= 11 is 13.2. The quantitative estimate of drug-likeness (QED) is 0.126. The third kappa shape index (κ3) is 5.08. The summed E-state index contributed by atoms with van der Waals surface area (Å²) in [5.74, 6) is -7.25. The van der Waals surface area contributed by atoms with Crippen molar-refractivity contribution < 1.29 is 38.7 Å². The zero-order chi connectivity index (χ0) is 36.6. The average molecular weight is 740 g/mol. The maximum atomic E-state index is 15.2. The van der Waals surface area contributed by atoms with E-state index in [2.05, 4.69) is 5.43 Å². The Morgan fingerprint density at radius 2 is 1.58 bits per heavy atom. The highest BCUT2D eigenvalue weighted by atomic mass is 35.5. The van der Waals surface area contributed by atoms with Crippen LogP contribution in [0.4, 0.5) is 15.8 Å². The van der Waals surface area contributed by atoms with Gasteiger partial charge in [0, 0.05) is 16.0 Å². The Bertz CT molecular complexity index is 2200. The third-order valence-electron chi connectivity index (χ3n) is 11.0. The molecule has 4 amide bonds. The number of fused-ring (bicyclic) bond motifs is 4. The van der Waals surface area contributed by atoms with Crippen molar-refractivity contribution in [1.29, 1.82) is 0 Å². The molecule has 6 atom stereocenters. The van der Waals surface area contributed by atoms with Crippen LogP contribution >= 0.6 is 23.2 Å². The Morgan fingerprint density at radius 3 is 2.27 bits per heavy atom. The van der Waals surface area contributed by atoms with E-state index >= 15 is 4.79 Å². The zero-order valence-electron chi connectivity index (χ0n) is 27.1. The molecule has 1 saturated carbocycles. The molecule has 2 aliphatic carbocycles. The number of anilines is 2. The minimum Gasteiger partial charge on any atom is -0.508 e. The number of benzene rings is 4. The second kappa shape index (κ2) is 12.6. The molecule has 0 radical (unpaired) electrons. The van der Waals surface area contributed by atoms with E-state index in [1.54, 1.807) is 30.3 Å². The van der Waals surface area contributed by atoms with Gasteiger partial charge in [0.2, 0.25) is 11.8 Å². The van der Waals surface area contributed by atoms with Crippen molar-refractivity contribution in [3.8, 4) is 5.75 Å². The Balaban J connectivity index is 1.32. The summed E-state index contributed by atoms with van der Waals surface area (Å²) < 4.78 is 13.8. The summed E-state index contributed by atoms with van der Waals surface area (Å²) in [6.45, 7) is 0. The number of hydrogen-bond acceptors (Lipinski definition) is 8. The van der Waals surface area contributed by atoms with E-state index in [1.807, 2.05) is 6.08 Å². The third-order valence-corrected chi connectivity index (χ3v) is 11.6. The Hall–Kier alpha value is -5.01. The SMILES string of the molecule is O=C1C2CC3C(=CCC4C(=O)N(c5cccc(B(O)O)c5)C(=O)C43)C(c3ccc(O)cc3Cl)C2(c2ccc(Cl)cc2)C(=O)N1Nc1ccc(F)cc1. The first-order valence-corrected chi connectivity index (χ1v) is 17.4. The van der Waals surface area contributed by atoms with E-state index in [-0.39, 0.29) is 40.5 Å². The number of halogens is 3. The highest BCUT2D eigenvalue weighted by molar-refractivity contribution is 6.58. The summed E-state index contributed by atoms with van der Waals surface area (Å²) in [6.07, 6.45) is 2.02. The summed E-state index contributed by atoms with van der Waals surface area (Å²) in [6, 6.07) is 22.1. The molecule has 4 N–H and O–H groups in total. The van der Waals surface area contributed by atoms with Crippen molar-refractivity contribution in [2.45, 2.75) is 24.2 Å². The van der Waals surface area contributed by atoms with Crippen LogP contribution in [0.3, 0.4) is 0 Å². The van der Waals surface area contributed by atoms with Crippen molar-refractivity contribution in [3.05, 3.63) is 130 Å². The first kappa shape index (κ1) is 34.1.